The molecule has 1 fully saturated rings. The lowest BCUT2D eigenvalue weighted by molar-refractivity contribution is -0.123. The summed E-state index contributed by atoms with van der Waals surface area (Å²) in [7, 11) is 1.49. The van der Waals surface area contributed by atoms with E-state index in [4.69, 9.17) is 32.7 Å². The van der Waals surface area contributed by atoms with Crippen molar-refractivity contribution < 1.29 is 23.9 Å². The van der Waals surface area contributed by atoms with Gasteiger partial charge in [0.1, 0.15) is 17.2 Å². The van der Waals surface area contributed by atoms with Gasteiger partial charge in [-0.2, -0.15) is 5.01 Å². The summed E-state index contributed by atoms with van der Waals surface area (Å²) >= 11 is 13.1. The smallest absolute Gasteiger partial charge is 0.272 e. The van der Waals surface area contributed by atoms with Crippen LogP contribution in [0.1, 0.15) is 108 Å². The van der Waals surface area contributed by atoms with Crippen molar-refractivity contribution in [2.75, 3.05) is 30.5 Å². The van der Waals surface area contributed by atoms with Crippen molar-refractivity contribution in [3.8, 4) is 11.5 Å². The van der Waals surface area contributed by atoms with Crippen LogP contribution >= 0.6 is 23.2 Å². The van der Waals surface area contributed by atoms with Crippen LogP contribution in [0.4, 0.5) is 11.4 Å². The zero-order valence-corrected chi connectivity index (χ0v) is 34.2. The highest BCUT2D eigenvalue weighted by atomic mass is 35.5. The van der Waals surface area contributed by atoms with Crippen LogP contribution in [0.25, 0.3) is 0 Å². The number of halogens is 2. The molecule has 0 aromatic heterocycles. The minimum atomic E-state index is -0.835. The average Bonchev–Trinajstić information content (AvgIpc) is 3.47. The molecule has 10 nitrogen and oxygen atoms in total. The standard InChI is InChI=1S/C42H53Cl2N5O5/c1-9-33(54-34-19-18-27(41(4,5)10-2)23-30(34)42(6,7)11-3)39(51)45-28-17-15-16-26(22-28)38(50)46-37-36(48-20-13-12-14-21-48)40(52)49(47-37)35-31(43)24-29(53-8)25-32(35)44/h15-19,22-25,33,36H,9-14,20-21H2,1-8H3,(H,45,51)(H,46,47,50). The Hall–Kier alpha value is -4.12. The van der Waals surface area contributed by atoms with E-state index in [9.17, 15) is 14.4 Å². The lowest BCUT2D eigenvalue weighted by Crippen LogP contribution is -2.53. The summed E-state index contributed by atoms with van der Waals surface area (Å²) < 4.78 is 11.7. The van der Waals surface area contributed by atoms with Crippen LogP contribution in [0.5, 0.6) is 11.5 Å². The Bertz CT molecular complexity index is 1880. The fraction of sp³-hybridized carbons (Fsp3) is 0.476. The number of rotatable bonds is 13. The van der Waals surface area contributed by atoms with E-state index in [1.165, 1.54) is 12.7 Å². The van der Waals surface area contributed by atoms with Crippen molar-refractivity contribution in [3.63, 3.8) is 0 Å². The molecule has 0 bridgehead atoms. The minimum Gasteiger partial charge on any atom is -0.497 e. The molecule has 5 rings (SSSR count). The number of nitrogens with one attached hydrogen (secondary N) is 2. The van der Waals surface area contributed by atoms with Crippen LogP contribution in [0, 0.1) is 0 Å². The van der Waals surface area contributed by atoms with Crippen molar-refractivity contribution in [3.05, 3.63) is 81.3 Å². The van der Waals surface area contributed by atoms with E-state index >= 15 is 0 Å². The predicted octanol–water partition coefficient (Wildman–Crippen LogP) is 9.12. The van der Waals surface area contributed by atoms with E-state index < -0.39 is 18.1 Å². The van der Waals surface area contributed by atoms with Crippen molar-refractivity contribution in [2.24, 2.45) is 5.10 Å². The van der Waals surface area contributed by atoms with Gasteiger partial charge in [-0.25, -0.2) is 0 Å². The molecule has 2 unspecified atom stereocenters. The Morgan fingerprint density at radius 2 is 1.57 bits per heavy atom. The number of amidine groups is 1. The Morgan fingerprint density at radius 3 is 2.19 bits per heavy atom. The SMILES string of the molecule is CCC(Oc1ccc(C(C)(C)CC)cc1C(C)(C)CC)C(=O)Nc1cccc(C(=O)NC2=NN(c3c(Cl)cc(OC)cc3Cl)C(=O)C2N2CCCCC2)c1. The largest absolute Gasteiger partial charge is 0.497 e. The maximum atomic E-state index is 14.0. The summed E-state index contributed by atoms with van der Waals surface area (Å²) in [5.41, 5.74) is 3.05. The molecule has 2 aliphatic rings. The zero-order chi connectivity index (χ0) is 39.4. The van der Waals surface area contributed by atoms with Crippen LogP contribution in [-0.2, 0) is 20.4 Å². The number of piperidine rings is 1. The lowest BCUT2D eigenvalue weighted by Gasteiger charge is -2.31. The fourth-order valence-corrected chi connectivity index (χ4v) is 7.30. The van der Waals surface area contributed by atoms with Crippen molar-refractivity contribution in [1.29, 1.82) is 0 Å². The van der Waals surface area contributed by atoms with Crippen LogP contribution in [0.3, 0.4) is 0 Å². The average molecular weight is 779 g/mol. The molecule has 290 valence electrons. The first kappa shape index (κ1) is 41.1. The van der Waals surface area contributed by atoms with Gasteiger partial charge in [-0.15, -0.1) is 5.10 Å². The second-order valence-corrected chi connectivity index (χ2v) is 16.1. The molecular formula is C42H53Cl2N5O5. The highest BCUT2D eigenvalue weighted by Gasteiger charge is 2.43. The third kappa shape index (κ3) is 8.88. The highest BCUT2D eigenvalue weighted by molar-refractivity contribution is 6.41. The van der Waals surface area contributed by atoms with Crippen molar-refractivity contribution in [1.82, 2.24) is 10.2 Å². The molecule has 0 saturated carbocycles. The molecule has 0 aliphatic carbocycles. The quantitative estimate of drug-likeness (QED) is 0.179. The maximum Gasteiger partial charge on any atom is 0.272 e. The van der Waals surface area contributed by atoms with Crippen LogP contribution in [0.2, 0.25) is 10.0 Å². The van der Waals surface area contributed by atoms with Gasteiger partial charge in [-0.3, -0.25) is 19.3 Å². The van der Waals surface area contributed by atoms with Gasteiger partial charge in [0.15, 0.2) is 18.0 Å². The van der Waals surface area contributed by atoms with Gasteiger partial charge in [0, 0.05) is 28.9 Å². The first-order valence-electron chi connectivity index (χ1n) is 18.9. The van der Waals surface area contributed by atoms with E-state index in [0.717, 1.165) is 42.7 Å². The van der Waals surface area contributed by atoms with Gasteiger partial charge < -0.3 is 20.1 Å². The van der Waals surface area contributed by atoms with Gasteiger partial charge >= 0.3 is 0 Å². The molecule has 1 saturated heterocycles. The van der Waals surface area contributed by atoms with Gasteiger partial charge in [0.05, 0.1) is 17.2 Å². The number of benzene rings is 3. The second-order valence-electron chi connectivity index (χ2n) is 15.3. The number of anilines is 2. The molecule has 2 aliphatic heterocycles. The summed E-state index contributed by atoms with van der Waals surface area (Å²) in [5, 5.41) is 11.9. The minimum absolute atomic E-state index is 0.00165. The number of carbonyl (C=O) groups excluding carboxylic acids is 3. The Balaban J connectivity index is 1.36. The zero-order valence-electron chi connectivity index (χ0n) is 32.6. The van der Waals surface area contributed by atoms with Crippen LogP contribution < -0.4 is 25.1 Å². The van der Waals surface area contributed by atoms with E-state index in [2.05, 4.69) is 69.4 Å². The molecule has 3 amide bonds. The summed E-state index contributed by atoms with van der Waals surface area (Å²) in [6.07, 6.45) is 4.44. The molecule has 2 atom stereocenters. The van der Waals surface area contributed by atoms with E-state index in [-0.39, 0.29) is 49.8 Å². The Labute approximate surface area is 329 Å². The molecular weight excluding hydrogens is 725 g/mol. The van der Waals surface area contributed by atoms with Gasteiger partial charge in [0.2, 0.25) is 0 Å². The van der Waals surface area contributed by atoms with Gasteiger partial charge in [0.25, 0.3) is 17.7 Å². The van der Waals surface area contributed by atoms with Crippen molar-refractivity contribution in [2.45, 2.75) is 110 Å². The number of amides is 3. The molecule has 12 heteroatoms. The molecule has 3 aromatic carbocycles. The number of hydrogen-bond acceptors (Lipinski definition) is 7. The fourth-order valence-electron chi connectivity index (χ4n) is 6.67. The highest BCUT2D eigenvalue weighted by Crippen LogP contribution is 2.41. The molecule has 0 radical (unpaired) electrons. The first-order valence-corrected chi connectivity index (χ1v) is 19.6. The number of ether oxygens (including phenoxy) is 2. The van der Waals surface area contributed by atoms with Crippen LogP contribution in [0.15, 0.2) is 59.7 Å². The molecule has 2 N–H and O–H groups in total. The predicted molar refractivity (Wildman–Crippen MR) is 217 cm³/mol. The van der Waals surface area contributed by atoms with E-state index in [0.29, 0.717) is 36.7 Å². The summed E-state index contributed by atoms with van der Waals surface area (Å²) in [6, 6.07) is 15.2. The van der Waals surface area contributed by atoms with E-state index in [1.54, 1.807) is 36.4 Å². The Morgan fingerprint density at radius 1 is 0.907 bits per heavy atom. The summed E-state index contributed by atoms with van der Waals surface area (Å²) in [4.78, 5) is 43.5. The summed E-state index contributed by atoms with van der Waals surface area (Å²) in [6.45, 7) is 16.4. The van der Waals surface area contributed by atoms with Gasteiger partial charge in [-0.1, -0.05) is 96.3 Å². The number of methoxy groups -OCH3 is 1. The van der Waals surface area contributed by atoms with Gasteiger partial charge in [-0.05, 0) is 85.9 Å². The summed E-state index contributed by atoms with van der Waals surface area (Å²) in [5.74, 6) is 0.106. The van der Waals surface area contributed by atoms with Crippen LogP contribution in [-0.4, -0.2) is 60.8 Å². The third-order valence-electron chi connectivity index (χ3n) is 10.9. The molecule has 54 heavy (non-hydrogen) atoms. The Kier molecular flexibility index (Phi) is 13.0. The second kappa shape index (κ2) is 17.1. The monoisotopic (exact) mass is 777 g/mol. The number of likely N-dealkylation sites (tertiary alicyclic amines) is 1. The molecule has 3 aromatic rings. The number of carbonyl (C=O) groups is 3. The van der Waals surface area contributed by atoms with Crippen molar-refractivity contribution >= 4 is 58.1 Å². The lowest BCUT2D eigenvalue weighted by atomic mass is 9.76. The number of hydrazone groups is 1. The first-order chi connectivity index (χ1) is 25.6. The third-order valence-corrected chi connectivity index (χ3v) is 11.5. The van der Waals surface area contributed by atoms with E-state index in [1.807, 2.05) is 17.9 Å². The number of nitrogens with zero attached hydrogens (tertiary/aromatic N) is 3. The molecule has 2 heterocycles. The molecule has 0 spiro atoms. The normalized spacial score (nSPS) is 17.2. The topological polar surface area (TPSA) is 113 Å². The maximum absolute atomic E-state index is 14.0. The number of hydrogen-bond donors (Lipinski definition) is 2.